The van der Waals surface area contributed by atoms with Crippen LogP contribution < -0.4 is 10.1 Å². The quantitative estimate of drug-likeness (QED) is 0.932. The topological polar surface area (TPSA) is 60.2 Å². The zero-order chi connectivity index (χ0) is 13.1. The maximum absolute atomic E-state index is 5.80. The summed E-state index contributed by atoms with van der Waals surface area (Å²) in [6.45, 7) is 1.27. The Morgan fingerprint density at radius 1 is 1.32 bits per heavy atom. The lowest BCUT2D eigenvalue weighted by atomic mass is 10.2. The first kappa shape index (κ1) is 12.4. The van der Waals surface area contributed by atoms with Crippen LogP contribution in [0.3, 0.4) is 0 Å². The fraction of sp³-hybridized carbons (Fsp3) is 0.385. The molecule has 1 saturated heterocycles. The first-order chi connectivity index (χ1) is 9.31. The normalized spacial score (nSPS) is 18.7. The number of ether oxygens (including phenoxy) is 1. The summed E-state index contributed by atoms with van der Waals surface area (Å²) in [6, 6.07) is 7.35. The second-order valence-electron chi connectivity index (χ2n) is 4.43. The highest BCUT2D eigenvalue weighted by molar-refractivity contribution is 6.30. The molecule has 0 amide bonds. The average molecular weight is 280 g/mol. The van der Waals surface area contributed by atoms with Crippen LogP contribution in [-0.4, -0.2) is 16.7 Å². The summed E-state index contributed by atoms with van der Waals surface area (Å²) >= 11 is 5.80. The van der Waals surface area contributed by atoms with Gasteiger partial charge in [0.25, 0.3) is 5.89 Å². The Morgan fingerprint density at radius 3 is 2.89 bits per heavy atom. The van der Waals surface area contributed by atoms with E-state index < -0.39 is 0 Å². The Hall–Kier alpha value is -1.59. The lowest BCUT2D eigenvalue weighted by Gasteiger charge is -2.04. The van der Waals surface area contributed by atoms with Gasteiger partial charge in [0, 0.05) is 5.02 Å². The van der Waals surface area contributed by atoms with Crippen molar-refractivity contribution in [1.29, 1.82) is 0 Å². The molecule has 1 atom stereocenters. The number of hydrogen-bond acceptors (Lipinski definition) is 5. The highest BCUT2D eigenvalue weighted by Crippen LogP contribution is 2.22. The molecule has 3 rings (SSSR count). The monoisotopic (exact) mass is 279 g/mol. The standard InChI is InChI=1S/C13H14ClN3O2/c14-9-3-5-10(6-4-9)18-8-12-16-17-13(19-12)11-2-1-7-15-11/h3-6,11,15H,1-2,7-8H2. The van der Waals surface area contributed by atoms with E-state index in [-0.39, 0.29) is 12.6 Å². The number of aromatic nitrogens is 2. The van der Waals surface area contributed by atoms with Gasteiger partial charge in [0.15, 0.2) is 6.61 Å². The maximum atomic E-state index is 5.80. The van der Waals surface area contributed by atoms with E-state index in [9.17, 15) is 0 Å². The van der Waals surface area contributed by atoms with Crippen molar-refractivity contribution in [2.75, 3.05) is 6.54 Å². The minimum atomic E-state index is 0.191. The van der Waals surface area contributed by atoms with Gasteiger partial charge in [0.2, 0.25) is 5.89 Å². The summed E-state index contributed by atoms with van der Waals surface area (Å²) in [6.07, 6.45) is 2.18. The molecule has 1 N–H and O–H groups in total. The summed E-state index contributed by atoms with van der Waals surface area (Å²) in [5.74, 6) is 1.86. The van der Waals surface area contributed by atoms with E-state index in [1.807, 2.05) is 0 Å². The number of nitrogens with zero attached hydrogens (tertiary/aromatic N) is 2. The molecular formula is C13H14ClN3O2. The molecule has 1 aromatic carbocycles. The van der Waals surface area contributed by atoms with Gasteiger partial charge in [-0.05, 0) is 43.7 Å². The Balaban J connectivity index is 1.59. The van der Waals surface area contributed by atoms with Crippen molar-refractivity contribution >= 4 is 11.6 Å². The molecule has 5 nitrogen and oxygen atoms in total. The van der Waals surface area contributed by atoms with E-state index in [1.165, 1.54) is 0 Å². The van der Waals surface area contributed by atoms with Crippen molar-refractivity contribution in [2.45, 2.75) is 25.5 Å². The summed E-state index contributed by atoms with van der Waals surface area (Å²) in [7, 11) is 0. The summed E-state index contributed by atoms with van der Waals surface area (Å²) < 4.78 is 11.1. The van der Waals surface area contributed by atoms with Crippen molar-refractivity contribution in [3.05, 3.63) is 41.1 Å². The Labute approximate surface area is 115 Å². The molecule has 1 aliphatic heterocycles. The van der Waals surface area contributed by atoms with Crippen LogP contribution in [0.15, 0.2) is 28.7 Å². The molecule has 2 heterocycles. The first-order valence-electron chi connectivity index (χ1n) is 6.25. The van der Waals surface area contributed by atoms with Gasteiger partial charge in [0.05, 0.1) is 6.04 Å². The minimum Gasteiger partial charge on any atom is -0.484 e. The third-order valence-corrected chi connectivity index (χ3v) is 3.27. The van der Waals surface area contributed by atoms with Crippen LogP contribution in [0.25, 0.3) is 0 Å². The maximum Gasteiger partial charge on any atom is 0.253 e. The molecule has 6 heteroatoms. The molecule has 1 aromatic heterocycles. The van der Waals surface area contributed by atoms with Crippen LogP contribution in [0.5, 0.6) is 5.75 Å². The molecule has 0 spiro atoms. The Kier molecular flexibility index (Phi) is 3.66. The van der Waals surface area contributed by atoms with E-state index in [0.29, 0.717) is 16.8 Å². The van der Waals surface area contributed by atoms with E-state index >= 15 is 0 Å². The predicted molar refractivity (Wildman–Crippen MR) is 70.1 cm³/mol. The van der Waals surface area contributed by atoms with Gasteiger partial charge in [-0.25, -0.2) is 0 Å². The van der Waals surface area contributed by atoms with Crippen molar-refractivity contribution < 1.29 is 9.15 Å². The zero-order valence-electron chi connectivity index (χ0n) is 10.3. The van der Waals surface area contributed by atoms with Crippen molar-refractivity contribution in [1.82, 2.24) is 15.5 Å². The van der Waals surface area contributed by atoms with Crippen LogP contribution in [0.1, 0.15) is 30.7 Å². The van der Waals surface area contributed by atoms with E-state index in [1.54, 1.807) is 24.3 Å². The fourth-order valence-electron chi connectivity index (χ4n) is 2.04. The summed E-state index contributed by atoms with van der Waals surface area (Å²) in [5, 5.41) is 12.0. The zero-order valence-corrected chi connectivity index (χ0v) is 11.1. The van der Waals surface area contributed by atoms with Gasteiger partial charge in [0.1, 0.15) is 5.75 Å². The Bertz CT molecular complexity index is 535. The SMILES string of the molecule is Clc1ccc(OCc2nnc(C3CCCN3)o2)cc1. The average Bonchev–Trinajstić information content (AvgIpc) is 3.09. The van der Waals surface area contributed by atoms with Crippen LogP contribution >= 0.6 is 11.6 Å². The molecule has 0 saturated carbocycles. The number of halogens is 1. The minimum absolute atomic E-state index is 0.191. The molecule has 2 aromatic rings. The van der Waals surface area contributed by atoms with Gasteiger partial charge >= 0.3 is 0 Å². The van der Waals surface area contributed by atoms with Crippen LogP contribution in [0.2, 0.25) is 5.02 Å². The van der Waals surface area contributed by atoms with Gasteiger partial charge in [-0.3, -0.25) is 0 Å². The molecule has 100 valence electrons. The van der Waals surface area contributed by atoms with E-state index in [0.717, 1.165) is 25.1 Å². The smallest absolute Gasteiger partial charge is 0.253 e. The molecule has 1 aliphatic rings. The Morgan fingerprint density at radius 2 is 2.16 bits per heavy atom. The largest absolute Gasteiger partial charge is 0.484 e. The number of benzene rings is 1. The van der Waals surface area contributed by atoms with Gasteiger partial charge in [-0.15, -0.1) is 10.2 Å². The third kappa shape index (κ3) is 3.05. The van der Waals surface area contributed by atoms with E-state index in [4.69, 9.17) is 20.8 Å². The van der Waals surface area contributed by atoms with Gasteiger partial charge < -0.3 is 14.5 Å². The lowest BCUT2D eigenvalue weighted by Crippen LogP contribution is -2.12. The molecule has 1 unspecified atom stereocenters. The van der Waals surface area contributed by atoms with Crippen molar-refractivity contribution in [2.24, 2.45) is 0 Å². The second kappa shape index (κ2) is 5.59. The first-order valence-corrected chi connectivity index (χ1v) is 6.63. The number of hydrogen-bond donors (Lipinski definition) is 1. The fourth-order valence-corrected chi connectivity index (χ4v) is 2.16. The summed E-state index contributed by atoms with van der Waals surface area (Å²) in [5.41, 5.74) is 0. The highest BCUT2D eigenvalue weighted by atomic mass is 35.5. The number of rotatable bonds is 4. The lowest BCUT2D eigenvalue weighted by molar-refractivity contribution is 0.255. The van der Waals surface area contributed by atoms with Gasteiger partial charge in [-0.2, -0.15) is 0 Å². The molecule has 19 heavy (non-hydrogen) atoms. The van der Waals surface area contributed by atoms with Crippen molar-refractivity contribution in [3.8, 4) is 5.75 Å². The highest BCUT2D eigenvalue weighted by Gasteiger charge is 2.22. The van der Waals surface area contributed by atoms with Gasteiger partial charge in [-0.1, -0.05) is 11.6 Å². The third-order valence-electron chi connectivity index (χ3n) is 3.02. The summed E-state index contributed by atoms with van der Waals surface area (Å²) in [4.78, 5) is 0. The molecule has 1 fully saturated rings. The van der Waals surface area contributed by atoms with E-state index in [2.05, 4.69) is 15.5 Å². The van der Waals surface area contributed by atoms with Crippen LogP contribution in [0, 0.1) is 0 Å². The second-order valence-corrected chi connectivity index (χ2v) is 4.86. The predicted octanol–water partition coefficient (Wildman–Crippen LogP) is 2.73. The van der Waals surface area contributed by atoms with Crippen LogP contribution in [0.4, 0.5) is 0 Å². The molecular weight excluding hydrogens is 266 g/mol. The number of nitrogens with one attached hydrogen (secondary N) is 1. The molecule has 0 aliphatic carbocycles. The van der Waals surface area contributed by atoms with Crippen molar-refractivity contribution in [3.63, 3.8) is 0 Å². The molecule has 0 bridgehead atoms. The van der Waals surface area contributed by atoms with Crippen LogP contribution in [-0.2, 0) is 6.61 Å². The molecule has 0 radical (unpaired) electrons.